The van der Waals surface area contributed by atoms with E-state index in [-0.39, 0.29) is 28.4 Å². The molecule has 0 saturated carbocycles. The molecule has 0 radical (unpaired) electrons. The first kappa shape index (κ1) is 16.2. The third kappa shape index (κ3) is 3.00. The van der Waals surface area contributed by atoms with E-state index in [1.807, 2.05) is 0 Å². The summed E-state index contributed by atoms with van der Waals surface area (Å²) in [6.07, 6.45) is 0.685. The largest absolute Gasteiger partial charge is 0.326 e. The molecule has 2 rings (SSSR count). The Balaban J connectivity index is 0.00000162. The van der Waals surface area contributed by atoms with Gasteiger partial charge in [0.2, 0.25) is 10.0 Å². The van der Waals surface area contributed by atoms with Crippen LogP contribution in [0.1, 0.15) is 6.42 Å². The highest BCUT2D eigenvalue weighted by atomic mass is 79.9. The van der Waals surface area contributed by atoms with Crippen molar-refractivity contribution in [3.05, 3.63) is 27.7 Å². The number of nitrogens with zero attached hydrogens (tertiary/aromatic N) is 1. The summed E-state index contributed by atoms with van der Waals surface area (Å²) >= 11 is 9.23. The fraction of sp³-hybridized carbons (Fsp3) is 0.400. The predicted molar refractivity (Wildman–Crippen MR) is 77.8 cm³/mol. The molecule has 1 aliphatic heterocycles. The SMILES string of the molecule is Cl.NC1CCN(S(=O)(=O)c2cccc(Br)c2Cl)C1. The second kappa shape index (κ2) is 6.07. The molecule has 4 nitrogen and oxygen atoms in total. The van der Waals surface area contributed by atoms with Gasteiger partial charge in [-0.1, -0.05) is 17.7 Å². The van der Waals surface area contributed by atoms with Gasteiger partial charge in [0.05, 0.1) is 5.02 Å². The van der Waals surface area contributed by atoms with Crippen molar-refractivity contribution in [2.75, 3.05) is 13.1 Å². The van der Waals surface area contributed by atoms with E-state index in [1.54, 1.807) is 12.1 Å². The summed E-state index contributed by atoms with van der Waals surface area (Å²) in [6.45, 7) is 0.803. The van der Waals surface area contributed by atoms with Gasteiger partial charge in [-0.15, -0.1) is 12.4 Å². The van der Waals surface area contributed by atoms with E-state index in [9.17, 15) is 8.42 Å². The van der Waals surface area contributed by atoms with Gasteiger partial charge in [0, 0.05) is 23.6 Å². The molecule has 1 saturated heterocycles. The number of benzene rings is 1. The number of halogens is 3. The van der Waals surface area contributed by atoms with Gasteiger partial charge in [0.15, 0.2) is 0 Å². The quantitative estimate of drug-likeness (QED) is 0.862. The molecule has 0 aliphatic carbocycles. The summed E-state index contributed by atoms with van der Waals surface area (Å²) in [5.74, 6) is 0. The number of nitrogens with two attached hydrogens (primary N) is 1. The van der Waals surface area contributed by atoms with Crippen molar-refractivity contribution in [3.63, 3.8) is 0 Å². The maximum atomic E-state index is 12.3. The van der Waals surface area contributed by atoms with Crippen LogP contribution in [0.5, 0.6) is 0 Å². The van der Waals surface area contributed by atoms with Crippen LogP contribution in [0.15, 0.2) is 27.6 Å². The van der Waals surface area contributed by atoms with Crippen molar-refractivity contribution < 1.29 is 8.42 Å². The molecule has 18 heavy (non-hydrogen) atoms. The Morgan fingerprint density at radius 2 is 2.11 bits per heavy atom. The highest BCUT2D eigenvalue weighted by Gasteiger charge is 2.32. The molecule has 102 valence electrons. The normalized spacial score (nSPS) is 20.7. The predicted octanol–water partition coefficient (Wildman–Crippen LogP) is 2.25. The molecule has 1 aliphatic rings. The molecule has 1 atom stereocenters. The standard InChI is InChI=1S/C10H12BrClN2O2S.ClH/c11-8-2-1-3-9(10(8)12)17(15,16)14-5-4-7(13)6-14;/h1-3,7H,4-6,13H2;1H. The monoisotopic (exact) mass is 374 g/mol. The molecular formula is C10H13BrCl2N2O2S. The Labute approximate surface area is 126 Å². The highest BCUT2D eigenvalue weighted by Crippen LogP contribution is 2.32. The van der Waals surface area contributed by atoms with Crippen LogP contribution in [-0.4, -0.2) is 31.9 Å². The average molecular weight is 376 g/mol. The van der Waals surface area contributed by atoms with Crippen LogP contribution in [-0.2, 0) is 10.0 Å². The lowest BCUT2D eigenvalue weighted by Gasteiger charge is -2.17. The van der Waals surface area contributed by atoms with Crippen molar-refractivity contribution in [3.8, 4) is 0 Å². The molecule has 0 bridgehead atoms. The van der Waals surface area contributed by atoms with Gasteiger partial charge in [-0.25, -0.2) is 8.42 Å². The zero-order valence-electron chi connectivity index (χ0n) is 9.34. The van der Waals surface area contributed by atoms with Gasteiger partial charge in [0.1, 0.15) is 4.90 Å². The molecule has 1 aromatic carbocycles. The lowest BCUT2D eigenvalue weighted by molar-refractivity contribution is 0.472. The summed E-state index contributed by atoms with van der Waals surface area (Å²) < 4.78 is 26.6. The minimum Gasteiger partial charge on any atom is -0.326 e. The minimum absolute atomic E-state index is 0. The fourth-order valence-electron chi connectivity index (χ4n) is 1.79. The molecule has 1 heterocycles. The Kier molecular flexibility index (Phi) is 5.46. The van der Waals surface area contributed by atoms with Crippen LogP contribution in [0.3, 0.4) is 0 Å². The zero-order chi connectivity index (χ0) is 12.6. The lowest BCUT2D eigenvalue weighted by Crippen LogP contribution is -2.32. The van der Waals surface area contributed by atoms with E-state index in [4.69, 9.17) is 17.3 Å². The van der Waals surface area contributed by atoms with Gasteiger partial charge in [-0.3, -0.25) is 0 Å². The lowest BCUT2D eigenvalue weighted by atomic mass is 10.3. The first-order valence-corrected chi connectivity index (χ1v) is 7.74. The van der Waals surface area contributed by atoms with Gasteiger partial charge >= 0.3 is 0 Å². The minimum atomic E-state index is -3.53. The van der Waals surface area contributed by atoms with E-state index in [1.165, 1.54) is 10.4 Å². The van der Waals surface area contributed by atoms with Crippen LogP contribution in [0.25, 0.3) is 0 Å². The second-order valence-corrected chi connectivity index (χ2v) is 7.10. The van der Waals surface area contributed by atoms with Crippen molar-refractivity contribution in [2.45, 2.75) is 17.4 Å². The zero-order valence-corrected chi connectivity index (χ0v) is 13.3. The summed E-state index contributed by atoms with van der Waals surface area (Å²) in [7, 11) is -3.53. The Hall–Kier alpha value is 0.150. The molecule has 2 N–H and O–H groups in total. The number of rotatable bonds is 2. The number of hydrogen-bond acceptors (Lipinski definition) is 3. The molecule has 0 aromatic heterocycles. The second-order valence-electron chi connectivity index (χ2n) is 3.96. The number of hydrogen-bond donors (Lipinski definition) is 1. The van der Waals surface area contributed by atoms with Crippen LogP contribution < -0.4 is 5.73 Å². The summed E-state index contributed by atoms with van der Waals surface area (Å²) in [4.78, 5) is 0.127. The summed E-state index contributed by atoms with van der Waals surface area (Å²) in [5, 5.41) is 0.216. The third-order valence-electron chi connectivity index (χ3n) is 2.72. The molecule has 0 spiro atoms. The molecule has 0 amide bonds. The number of sulfonamides is 1. The Morgan fingerprint density at radius 1 is 1.44 bits per heavy atom. The highest BCUT2D eigenvalue weighted by molar-refractivity contribution is 9.10. The summed E-state index contributed by atoms with van der Waals surface area (Å²) in [5.41, 5.74) is 5.72. The fourth-order valence-corrected chi connectivity index (χ4v) is 4.31. The van der Waals surface area contributed by atoms with E-state index in [2.05, 4.69) is 15.9 Å². The Bertz CT molecular complexity index is 539. The van der Waals surface area contributed by atoms with Crippen LogP contribution in [0, 0.1) is 0 Å². The third-order valence-corrected chi connectivity index (χ3v) is 6.04. The van der Waals surface area contributed by atoms with Gasteiger partial charge in [-0.2, -0.15) is 4.31 Å². The maximum absolute atomic E-state index is 12.3. The summed E-state index contributed by atoms with van der Waals surface area (Å²) in [6, 6.07) is 4.78. The van der Waals surface area contributed by atoms with E-state index >= 15 is 0 Å². The van der Waals surface area contributed by atoms with Crippen LogP contribution in [0.4, 0.5) is 0 Å². The van der Waals surface area contributed by atoms with Crippen molar-refractivity contribution in [1.29, 1.82) is 0 Å². The maximum Gasteiger partial charge on any atom is 0.244 e. The van der Waals surface area contributed by atoms with E-state index in [0.717, 1.165) is 0 Å². The van der Waals surface area contributed by atoms with Gasteiger partial charge in [0.25, 0.3) is 0 Å². The molecule has 8 heteroatoms. The first-order valence-electron chi connectivity index (χ1n) is 5.12. The van der Waals surface area contributed by atoms with Crippen molar-refractivity contribution >= 4 is 50.0 Å². The smallest absolute Gasteiger partial charge is 0.244 e. The van der Waals surface area contributed by atoms with Gasteiger partial charge < -0.3 is 5.73 Å². The Morgan fingerprint density at radius 3 is 2.67 bits per heavy atom. The molecule has 1 fully saturated rings. The molecule has 1 unspecified atom stereocenters. The van der Waals surface area contributed by atoms with Crippen molar-refractivity contribution in [2.24, 2.45) is 5.73 Å². The first-order chi connectivity index (χ1) is 7.93. The topological polar surface area (TPSA) is 63.4 Å². The molecule has 1 aromatic rings. The average Bonchev–Trinajstić information content (AvgIpc) is 2.69. The molecular weight excluding hydrogens is 363 g/mol. The van der Waals surface area contributed by atoms with E-state index in [0.29, 0.717) is 24.0 Å². The van der Waals surface area contributed by atoms with Crippen molar-refractivity contribution in [1.82, 2.24) is 4.31 Å². The van der Waals surface area contributed by atoms with Crippen LogP contribution in [0.2, 0.25) is 5.02 Å². The van der Waals surface area contributed by atoms with E-state index < -0.39 is 10.0 Å². The van der Waals surface area contributed by atoms with Crippen LogP contribution >= 0.6 is 39.9 Å². The van der Waals surface area contributed by atoms with Gasteiger partial charge in [-0.05, 0) is 34.5 Å².